The smallest absolute Gasteiger partial charge is 0.286 e. The molecule has 1 aromatic rings. The van der Waals surface area contributed by atoms with Crippen LogP contribution in [0.5, 0.6) is 0 Å². The Morgan fingerprint density at radius 2 is 2.28 bits per heavy atom. The predicted octanol–water partition coefficient (Wildman–Crippen LogP) is 1.44. The molecule has 98 valence electrons. The number of pyridine rings is 1. The molecule has 0 aromatic carbocycles. The summed E-state index contributed by atoms with van der Waals surface area (Å²) >= 11 is 0. The standard InChI is InChI=1S/C11H13F2N3OS/c1-11(12,13)10-4-3-9(5-16-10)6-18(2,17)8-15-7-14/h3-5,8,15H,6H2,1-2H3. The summed E-state index contributed by atoms with van der Waals surface area (Å²) in [5.74, 6) is -2.84. The molecule has 1 aromatic heterocycles. The van der Waals surface area contributed by atoms with Gasteiger partial charge in [0.25, 0.3) is 5.92 Å². The summed E-state index contributed by atoms with van der Waals surface area (Å²) < 4.78 is 37.8. The van der Waals surface area contributed by atoms with E-state index in [4.69, 9.17) is 5.26 Å². The lowest BCUT2D eigenvalue weighted by Crippen LogP contribution is -2.15. The van der Waals surface area contributed by atoms with Gasteiger partial charge in [-0.1, -0.05) is 6.07 Å². The Hall–Kier alpha value is -1.68. The van der Waals surface area contributed by atoms with Gasteiger partial charge in [-0.2, -0.15) is 14.0 Å². The Bertz CT molecular complexity index is 563. The summed E-state index contributed by atoms with van der Waals surface area (Å²) in [6, 6.07) is 2.67. The molecule has 0 saturated heterocycles. The largest absolute Gasteiger partial charge is 0.292 e. The molecule has 0 aliphatic rings. The molecular weight excluding hydrogens is 260 g/mol. The molecule has 1 N–H and O–H groups in total. The topological polar surface area (TPSA) is 65.8 Å². The predicted molar refractivity (Wildman–Crippen MR) is 66.4 cm³/mol. The number of nitrogens with zero attached hydrogens (tertiary/aromatic N) is 2. The average Bonchev–Trinajstić information content (AvgIpc) is 2.25. The van der Waals surface area contributed by atoms with Gasteiger partial charge < -0.3 is 0 Å². The Labute approximate surface area is 105 Å². The van der Waals surface area contributed by atoms with Gasteiger partial charge in [0.2, 0.25) is 0 Å². The van der Waals surface area contributed by atoms with E-state index in [1.807, 2.05) is 0 Å². The molecule has 1 heterocycles. The molecule has 0 amide bonds. The zero-order valence-corrected chi connectivity index (χ0v) is 10.8. The highest BCUT2D eigenvalue weighted by molar-refractivity contribution is 7.99. The molecule has 0 bridgehead atoms. The van der Waals surface area contributed by atoms with Crippen molar-refractivity contribution in [1.29, 1.82) is 5.26 Å². The van der Waals surface area contributed by atoms with Crippen LogP contribution in [0.2, 0.25) is 0 Å². The first-order valence-electron chi connectivity index (χ1n) is 5.02. The fourth-order valence-corrected chi connectivity index (χ4v) is 2.51. The van der Waals surface area contributed by atoms with Gasteiger partial charge in [-0.3, -0.25) is 14.5 Å². The minimum atomic E-state index is -2.99. The van der Waals surface area contributed by atoms with E-state index in [1.165, 1.54) is 30.1 Å². The summed E-state index contributed by atoms with van der Waals surface area (Å²) in [6.07, 6.45) is 4.38. The number of hydrogen-bond acceptors (Lipinski definition) is 3. The first-order chi connectivity index (χ1) is 8.24. The zero-order valence-electron chi connectivity index (χ0n) is 9.98. The van der Waals surface area contributed by atoms with Crippen LogP contribution in [-0.2, 0) is 21.2 Å². The number of nitrogens with one attached hydrogen (secondary N) is 1. The minimum Gasteiger partial charge on any atom is -0.292 e. The molecule has 1 rings (SSSR count). The number of alkyl halides is 2. The van der Waals surface area contributed by atoms with Crippen molar-refractivity contribution in [3.8, 4) is 6.19 Å². The first kappa shape index (κ1) is 14.4. The van der Waals surface area contributed by atoms with Crippen LogP contribution in [0.4, 0.5) is 8.78 Å². The molecule has 0 saturated carbocycles. The van der Waals surface area contributed by atoms with E-state index in [-0.39, 0.29) is 11.4 Å². The van der Waals surface area contributed by atoms with Gasteiger partial charge in [0.1, 0.15) is 5.69 Å². The average molecular weight is 273 g/mol. The molecular formula is C11H13F2N3OS. The van der Waals surface area contributed by atoms with Crippen molar-refractivity contribution in [2.24, 2.45) is 0 Å². The van der Waals surface area contributed by atoms with Crippen molar-refractivity contribution in [3.63, 3.8) is 0 Å². The fourth-order valence-electron chi connectivity index (χ4n) is 1.29. The lowest BCUT2D eigenvalue weighted by Gasteiger charge is -2.10. The first-order valence-corrected chi connectivity index (χ1v) is 7.22. The van der Waals surface area contributed by atoms with Crippen LogP contribution < -0.4 is 5.32 Å². The lowest BCUT2D eigenvalue weighted by molar-refractivity contribution is 0.0127. The lowest BCUT2D eigenvalue weighted by atomic mass is 10.2. The number of hydrogen-bond donors (Lipinski definition) is 1. The molecule has 7 heteroatoms. The van der Waals surface area contributed by atoms with Crippen molar-refractivity contribution in [2.75, 3.05) is 6.26 Å². The van der Waals surface area contributed by atoms with Crippen LogP contribution in [0, 0.1) is 11.5 Å². The highest BCUT2D eigenvalue weighted by Gasteiger charge is 2.25. The third-order valence-corrected chi connectivity index (χ3v) is 3.62. The van der Waals surface area contributed by atoms with E-state index < -0.39 is 15.4 Å². The second-order valence-electron chi connectivity index (χ2n) is 4.03. The minimum absolute atomic E-state index is 0.143. The van der Waals surface area contributed by atoms with E-state index in [0.29, 0.717) is 5.56 Å². The number of nitriles is 1. The van der Waals surface area contributed by atoms with Crippen LogP contribution in [0.3, 0.4) is 0 Å². The maximum Gasteiger partial charge on any atom is 0.286 e. The van der Waals surface area contributed by atoms with E-state index in [0.717, 1.165) is 6.92 Å². The van der Waals surface area contributed by atoms with Crippen LogP contribution in [-0.4, -0.2) is 20.9 Å². The maximum absolute atomic E-state index is 12.9. The molecule has 1 atom stereocenters. The van der Waals surface area contributed by atoms with E-state index in [2.05, 4.69) is 10.3 Å². The Kier molecular flexibility index (Phi) is 4.24. The number of halogens is 2. The van der Waals surface area contributed by atoms with Gasteiger partial charge in [-0.05, 0) is 21.2 Å². The third kappa shape index (κ3) is 4.30. The van der Waals surface area contributed by atoms with Crippen molar-refractivity contribution in [3.05, 3.63) is 29.6 Å². The van der Waals surface area contributed by atoms with Gasteiger partial charge in [0, 0.05) is 25.1 Å². The van der Waals surface area contributed by atoms with Gasteiger partial charge in [-0.25, -0.2) is 0 Å². The van der Waals surface area contributed by atoms with E-state index in [1.54, 1.807) is 6.19 Å². The van der Waals surface area contributed by atoms with Crippen LogP contribution in [0.25, 0.3) is 0 Å². The van der Waals surface area contributed by atoms with E-state index >= 15 is 0 Å². The molecule has 18 heavy (non-hydrogen) atoms. The molecule has 4 nitrogen and oxygen atoms in total. The van der Waals surface area contributed by atoms with Crippen LogP contribution in [0.15, 0.2) is 18.3 Å². The van der Waals surface area contributed by atoms with Crippen molar-refractivity contribution >= 4 is 15.0 Å². The summed E-state index contributed by atoms with van der Waals surface area (Å²) in [7, 11) is -2.38. The Morgan fingerprint density at radius 1 is 1.61 bits per heavy atom. The maximum atomic E-state index is 12.9. The summed E-state index contributed by atoms with van der Waals surface area (Å²) in [5.41, 5.74) is 1.45. The molecule has 0 spiro atoms. The third-order valence-electron chi connectivity index (χ3n) is 2.10. The van der Waals surface area contributed by atoms with Gasteiger partial charge in [0.15, 0.2) is 6.19 Å². The number of rotatable bonds is 4. The van der Waals surface area contributed by atoms with Crippen molar-refractivity contribution in [1.82, 2.24) is 10.3 Å². The van der Waals surface area contributed by atoms with E-state index in [9.17, 15) is 13.0 Å². The summed E-state index contributed by atoms with van der Waals surface area (Å²) in [5, 5.41) is 10.5. The molecule has 0 aliphatic heterocycles. The molecule has 0 aliphatic carbocycles. The van der Waals surface area contributed by atoms with Crippen molar-refractivity contribution < 1.29 is 13.0 Å². The van der Waals surface area contributed by atoms with Crippen molar-refractivity contribution in [2.45, 2.75) is 18.6 Å². The Balaban J connectivity index is 2.89. The van der Waals surface area contributed by atoms with Gasteiger partial charge in [-0.15, -0.1) is 0 Å². The second-order valence-corrected chi connectivity index (χ2v) is 6.70. The summed E-state index contributed by atoms with van der Waals surface area (Å²) in [4.78, 5) is 3.64. The fraction of sp³-hybridized carbons (Fsp3) is 0.364. The molecule has 0 radical (unpaired) electrons. The zero-order chi connectivity index (χ0) is 13.8. The number of aromatic nitrogens is 1. The highest BCUT2D eigenvalue weighted by Crippen LogP contribution is 2.24. The van der Waals surface area contributed by atoms with Gasteiger partial charge >= 0.3 is 0 Å². The van der Waals surface area contributed by atoms with Gasteiger partial charge in [0.05, 0.1) is 5.49 Å². The molecule has 0 fully saturated rings. The van der Waals surface area contributed by atoms with Crippen LogP contribution >= 0.6 is 0 Å². The summed E-state index contributed by atoms with van der Waals surface area (Å²) in [6.45, 7) is 0.766. The SMILES string of the molecule is CC(F)(F)c1ccc(CS(C)(=O)=CNC#N)cn1. The highest BCUT2D eigenvalue weighted by atomic mass is 32.2. The Morgan fingerprint density at radius 3 is 2.72 bits per heavy atom. The quantitative estimate of drug-likeness (QED) is 0.512. The normalized spacial score (nSPS) is 14.4. The monoisotopic (exact) mass is 273 g/mol. The molecule has 1 unspecified atom stereocenters. The van der Waals surface area contributed by atoms with Crippen LogP contribution in [0.1, 0.15) is 18.2 Å². The second kappa shape index (κ2) is 5.31.